The Morgan fingerprint density at radius 1 is 0.741 bits per heavy atom. The highest BCUT2D eigenvalue weighted by Crippen LogP contribution is 2.57. The summed E-state index contributed by atoms with van der Waals surface area (Å²) in [6.45, 7) is 34.4. The van der Waals surface area contributed by atoms with Crippen molar-refractivity contribution < 1.29 is 8.97 Å². The van der Waals surface area contributed by atoms with Crippen molar-refractivity contribution in [2.24, 2.45) is 0 Å². The van der Waals surface area contributed by atoms with E-state index in [9.17, 15) is 0 Å². The summed E-state index contributed by atoms with van der Waals surface area (Å²) in [6.07, 6.45) is 2.46. The smallest absolute Gasteiger partial charge is 0.241 e. The van der Waals surface area contributed by atoms with E-state index in [1.54, 1.807) is 0 Å². The summed E-state index contributed by atoms with van der Waals surface area (Å²) in [5, 5.41) is 0. The summed E-state index contributed by atoms with van der Waals surface area (Å²) in [7, 11) is 0. The van der Waals surface area contributed by atoms with Crippen LogP contribution in [0.3, 0.4) is 0 Å². The topological polar surface area (TPSA) is 6.48 Å². The molecule has 2 aliphatic heterocycles. The van der Waals surface area contributed by atoms with Gasteiger partial charge in [-0.15, -0.1) is 0 Å². The Labute approximate surface area is 170 Å². The third-order valence-electron chi connectivity index (χ3n) is 8.38. The van der Waals surface area contributed by atoms with Gasteiger partial charge in [0.15, 0.2) is 0 Å². The van der Waals surface area contributed by atoms with E-state index in [-0.39, 0.29) is 17.0 Å². The van der Waals surface area contributed by atoms with Crippen LogP contribution in [-0.2, 0) is 0 Å². The van der Waals surface area contributed by atoms with Gasteiger partial charge in [0, 0.05) is 13.1 Å². The van der Waals surface area contributed by atoms with Gasteiger partial charge >= 0.3 is 5.91 Å². The fourth-order valence-corrected chi connectivity index (χ4v) is 7.64. The summed E-state index contributed by atoms with van der Waals surface area (Å²) in [5.41, 5.74) is 0.487. The molecule has 2 heterocycles. The van der Waals surface area contributed by atoms with Crippen LogP contribution in [0.15, 0.2) is 0 Å². The number of hydrogen-bond donors (Lipinski definition) is 0. The summed E-state index contributed by atoms with van der Waals surface area (Å²) < 4.78 is 2.41. The van der Waals surface area contributed by atoms with Gasteiger partial charge in [0.1, 0.15) is 12.1 Å². The van der Waals surface area contributed by atoms with E-state index >= 15 is 0 Å². The maximum absolute atomic E-state index is 2.98. The molecule has 1 atom stereocenters. The van der Waals surface area contributed by atoms with Crippen LogP contribution in [0, 0.1) is 0 Å². The van der Waals surface area contributed by atoms with E-state index in [2.05, 4.69) is 79.0 Å². The number of rotatable bonds is 8. The molecule has 0 amide bonds. The molecule has 0 aromatic rings. The molecule has 0 aromatic heterocycles. The Bertz CT molecular complexity index is 505. The molecule has 2 rings (SSSR count). The SMILES string of the molecule is CCCN1CC(C)(C)[N+](CC)(CC)C12N(CCC)C(C)(C)C[N+]2(CC)CC. The van der Waals surface area contributed by atoms with Crippen molar-refractivity contribution in [3.8, 4) is 0 Å². The molecule has 0 saturated carbocycles. The fraction of sp³-hybridized carbons (Fsp3) is 1.00. The number of quaternary nitrogens is 2. The first kappa shape index (κ1) is 23.1. The molecule has 0 N–H and O–H groups in total. The fourth-order valence-electron chi connectivity index (χ4n) is 7.64. The number of hydrogen-bond acceptors (Lipinski definition) is 2. The second-order valence-corrected chi connectivity index (χ2v) is 10.3. The predicted octanol–water partition coefficient (Wildman–Crippen LogP) is 4.32. The average Bonchev–Trinajstić information content (AvgIpc) is 2.94. The van der Waals surface area contributed by atoms with Crippen LogP contribution >= 0.6 is 0 Å². The lowest BCUT2D eigenvalue weighted by Crippen LogP contribution is -2.85. The van der Waals surface area contributed by atoms with E-state index in [4.69, 9.17) is 0 Å². The lowest BCUT2D eigenvalue weighted by atomic mass is 9.99. The first-order chi connectivity index (χ1) is 12.6. The molecular formula is C23H50N4+2. The van der Waals surface area contributed by atoms with Crippen molar-refractivity contribution in [2.75, 3.05) is 52.4 Å². The minimum Gasteiger partial charge on any atom is -0.241 e. The van der Waals surface area contributed by atoms with E-state index in [1.165, 1.54) is 74.2 Å². The molecule has 0 aromatic carbocycles. The van der Waals surface area contributed by atoms with Crippen molar-refractivity contribution in [3.05, 3.63) is 0 Å². The van der Waals surface area contributed by atoms with Gasteiger partial charge in [0.25, 0.3) is 0 Å². The average molecular weight is 383 g/mol. The summed E-state index contributed by atoms with van der Waals surface area (Å²) in [6, 6.07) is 0. The number of nitrogens with zero attached hydrogens (tertiary/aromatic N) is 4. The van der Waals surface area contributed by atoms with Crippen LogP contribution in [0.4, 0.5) is 0 Å². The van der Waals surface area contributed by atoms with Gasteiger partial charge < -0.3 is 0 Å². The Morgan fingerprint density at radius 2 is 1.26 bits per heavy atom. The van der Waals surface area contributed by atoms with Gasteiger partial charge in [-0.1, -0.05) is 13.8 Å². The van der Waals surface area contributed by atoms with Crippen LogP contribution < -0.4 is 0 Å². The molecule has 2 aliphatic rings. The molecule has 160 valence electrons. The van der Waals surface area contributed by atoms with Crippen molar-refractivity contribution in [3.63, 3.8) is 0 Å². The van der Waals surface area contributed by atoms with Gasteiger partial charge in [-0.05, 0) is 68.2 Å². The van der Waals surface area contributed by atoms with E-state index in [0.29, 0.717) is 0 Å². The van der Waals surface area contributed by atoms with Crippen molar-refractivity contribution in [1.82, 2.24) is 9.80 Å². The molecule has 0 bridgehead atoms. The molecule has 0 radical (unpaired) electrons. The molecule has 27 heavy (non-hydrogen) atoms. The molecule has 1 unspecified atom stereocenters. The summed E-state index contributed by atoms with van der Waals surface area (Å²) >= 11 is 0. The van der Waals surface area contributed by atoms with Gasteiger partial charge in [-0.2, -0.15) is 9.80 Å². The van der Waals surface area contributed by atoms with E-state index in [0.717, 1.165) is 0 Å². The van der Waals surface area contributed by atoms with Crippen LogP contribution in [-0.4, -0.2) is 88.1 Å². The van der Waals surface area contributed by atoms with Gasteiger partial charge in [0.2, 0.25) is 0 Å². The Balaban J connectivity index is 2.93. The lowest BCUT2D eigenvalue weighted by molar-refractivity contribution is -1.19. The standard InChI is InChI=1S/C23H50N4/c1-11-17-24-19-22(9,10)27(15-5,16-6)23(24)25(18-12-2)21(7,8)20-26(23,13-3)14-4/h11-20H2,1-10H3/q+2. The minimum atomic E-state index is 0.0615. The third-order valence-corrected chi connectivity index (χ3v) is 8.38. The van der Waals surface area contributed by atoms with Gasteiger partial charge in [-0.25, -0.2) is 8.97 Å². The maximum Gasteiger partial charge on any atom is 0.357 e. The van der Waals surface area contributed by atoms with Crippen LogP contribution in [0.1, 0.15) is 82.1 Å². The molecule has 4 heteroatoms. The Kier molecular flexibility index (Phi) is 6.50. The largest absolute Gasteiger partial charge is 0.357 e. The monoisotopic (exact) mass is 382 g/mol. The molecule has 4 nitrogen and oxygen atoms in total. The second kappa shape index (κ2) is 7.59. The zero-order chi connectivity index (χ0) is 20.7. The normalized spacial score (nSPS) is 31.8. The third kappa shape index (κ3) is 2.69. The van der Waals surface area contributed by atoms with Crippen molar-refractivity contribution in [2.45, 2.75) is 99.1 Å². The Hall–Kier alpha value is -0.160. The lowest BCUT2D eigenvalue weighted by Gasteiger charge is -2.60. The minimum absolute atomic E-state index is 0.0615. The van der Waals surface area contributed by atoms with Crippen LogP contribution in [0.25, 0.3) is 0 Å². The van der Waals surface area contributed by atoms with Crippen molar-refractivity contribution in [1.29, 1.82) is 0 Å². The highest BCUT2D eigenvalue weighted by molar-refractivity contribution is 5.01. The van der Waals surface area contributed by atoms with Crippen LogP contribution in [0.2, 0.25) is 0 Å². The quantitative estimate of drug-likeness (QED) is 0.577. The second-order valence-electron chi connectivity index (χ2n) is 10.3. The molecule has 2 fully saturated rings. The number of likely N-dealkylation sites (N-methyl/N-ethyl adjacent to an activating group) is 2. The predicted molar refractivity (Wildman–Crippen MR) is 117 cm³/mol. The first-order valence-electron chi connectivity index (χ1n) is 11.8. The zero-order valence-corrected chi connectivity index (χ0v) is 20.4. The molecule has 2 saturated heterocycles. The summed E-state index contributed by atoms with van der Waals surface area (Å²) in [5.74, 6) is 0.0615. The van der Waals surface area contributed by atoms with Crippen LogP contribution in [0.5, 0.6) is 0 Å². The highest BCUT2D eigenvalue weighted by Gasteiger charge is 2.83. The summed E-state index contributed by atoms with van der Waals surface area (Å²) in [4.78, 5) is 5.92. The maximum atomic E-state index is 2.98. The highest BCUT2D eigenvalue weighted by atomic mass is 15.9. The first-order valence-corrected chi connectivity index (χ1v) is 11.8. The Morgan fingerprint density at radius 3 is 1.67 bits per heavy atom. The van der Waals surface area contributed by atoms with E-state index in [1.807, 2.05) is 0 Å². The molecular weight excluding hydrogens is 332 g/mol. The van der Waals surface area contributed by atoms with Gasteiger partial charge in [0.05, 0.1) is 38.3 Å². The zero-order valence-electron chi connectivity index (χ0n) is 20.4. The molecule has 0 aliphatic carbocycles. The van der Waals surface area contributed by atoms with E-state index < -0.39 is 0 Å². The van der Waals surface area contributed by atoms with Crippen molar-refractivity contribution >= 4 is 0 Å². The molecule has 1 spiro atoms. The van der Waals surface area contributed by atoms with Gasteiger partial charge in [-0.3, -0.25) is 0 Å².